The molecule has 8 heteroatoms. The highest BCUT2D eigenvalue weighted by molar-refractivity contribution is 7.92. The van der Waals surface area contributed by atoms with Gasteiger partial charge in [0.25, 0.3) is 10.0 Å². The van der Waals surface area contributed by atoms with Gasteiger partial charge in [-0.3, -0.25) is 4.72 Å². The van der Waals surface area contributed by atoms with Gasteiger partial charge in [-0.1, -0.05) is 30.3 Å². The second-order valence-corrected chi connectivity index (χ2v) is 7.53. The molecule has 3 aromatic rings. The number of ether oxygens (including phenoxy) is 1. The predicted molar refractivity (Wildman–Crippen MR) is 95.0 cm³/mol. The molecular formula is C17H13NO5S2. The largest absolute Gasteiger partial charge is 0.477 e. The van der Waals surface area contributed by atoms with E-state index < -0.39 is 16.0 Å². The smallest absolute Gasteiger partial charge is 0.349 e. The van der Waals surface area contributed by atoms with E-state index in [0.29, 0.717) is 0 Å². The number of anilines is 1. The molecule has 0 fully saturated rings. The zero-order valence-corrected chi connectivity index (χ0v) is 14.4. The van der Waals surface area contributed by atoms with Crippen LogP contribution in [-0.2, 0) is 10.0 Å². The number of rotatable bonds is 6. The van der Waals surface area contributed by atoms with Gasteiger partial charge in [-0.05, 0) is 35.7 Å². The van der Waals surface area contributed by atoms with Crippen LogP contribution < -0.4 is 9.46 Å². The molecule has 25 heavy (non-hydrogen) atoms. The van der Waals surface area contributed by atoms with Crippen molar-refractivity contribution in [2.75, 3.05) is 4.72 Å². The van der Waals surface area contributed by atoms with E-state index in [9.17, 15) is 13.2 Å². The summed E-state index contributed by atoms with van der Waals surface area (Å²) >= 11 is 1.03. The van der Waals surface area contributed by atoms with E-state index in [4.69, 9.17) is 9.84 Å². The molecule has 3 rings (SSSR count). The molecule has 0 bridgehead atoms. The van der Waals surface area contributed by atoms with Crippen molar-refractivity contribution in [1.82, 2.24) is 0 Å². The number of thiophene rings is 1. The maximum absolute atomic E-state index is 12.5. The van der Waals surface area contributed by atoms with Gasteiger partial charge in [-0.25, -0.2) is 13.2 Å². The third kappa shape index (κ3) is 3.81. The summed E-state index contributed by atoms with van der Waals surface area (Å²) in [4.78, 5) is 11.4. The summed E-state index contributed by atoms with van der Waals surface area (Å²) in [6.07, 6.45) is 0. The van der Waals surface area contributed by atoms with Crippen molar-refractivity contribution in [3.63, 3.8) is 0 Å². The number of benzene rings is 2. The summed E-state index contributed by atoms with van der Waals surface area (Å²) in [6.45, 7) is 0. The van der Waals surface area contributed by atoms with Gasteiger partial charge in [0.2, 0.25) is 0 Å². The van der Waals surface area contributed by atoms with E-state index in [1.807, 2.05) is 0 Å². The van der Waals surface area contributed by atoms with Gasteiger partial charge in [0.15, 0.2) is 16.4 Å². The first-order valence-electron chi connectivity index (χ1n) is 7.13. The lowest BCUT2D eigenvalue weighted by atomic mass is 10.3. The molecule has 2 N–H and O–H groups in total. The topological polar surface area (TPSA) is 92.7 Å². The Kier molecular flexibility index (Phi) is 4.73. The van der Waals surface area contributed by atoms with Crippen LogP contribution >= 0.6 is 11.3 Å². The van der Waals surface area contributed by atoms with Crippen molar-refractivity contribution in [2.24, 2.45) is 0 Å². The molecule has 2 aromatic carbocycles. The fraction of sp³-hybridized carbons (Fsp3) is 0. The van der Waals surface area contributed by atoms with Crippen LogP contribution in [0.1, 0.15) is 9.67 Å². The predicted octanol–water partition coefficient (Wildman–Crippen LogP) is 4.04. The molecular weight excluding hydrogens is 362 g/mol. The number of carboxylic acid groups (broad SMARTS) is 1. The summed E-state index contributed by atoms with van der Waals surface area (Å²) < 4.78 is 33.0. The Balaban J connectivity index is 1.92. The standard InChI is InChI=1S/C17H13NO5S2/c19-17(20)16-15(10-11-24-16)23-14-9-5-4-8-13(14)18-25(21,22)12-6-2-1-3-7-12/h1-11,18H,(H,19,20). The second-order valence-electron chi connectivity index (χ2n) is 4.94. The fourth-order valence-corrected chi connectivity index (χ4v) is 3.84. The Morgan fingerprint density at radius 2 is 1.64 bits per heavy atom. The zero-order chi connectivity index (χ0) is 17.9. The van der Waals surface area contributed by atoms with E-state index in [1.54, 1.807) is 47.8 Å². The first kappa shape index (κ1) is 17.0. The summed E-state index contributed by atoms with van der Waals surface area (Å²) in [7, 11) is -3.78. The van der Waals surface area contributed by atoms with Gasteiger partial charge in [-0.15, -0.1) is 11.3 Å². The van der Waals surface area contributed by atoms with Crippen molar-refractivity contribution in [3.8, 4) is 11.5 Å². The molecule has 0 saturated heterocycles. The highest BCUT2D eigenvalue weighted by atomic mass is 32.2. The van der Waals surface area contributed by atoms with Crippen LogP contribution in [0.4, 0.5) is 5.69 Å². The maximum atomic E-state index is 12.5. The van der Waals surface area contributed by atoms with Crippen molar-refractivity contribution < 1.29 is 23.1 Å². The molecule has 6 nitrogen and oxygen atoms in total. The Bertz CT molecular complexity index is 997. The van der Waals surface area contributed by atoms with Crippen LogP contribution in [-0.4, -0.2) is 19.5 Å². The molecule has 1 aromatic heterocycles. The number of hydrogen-bond donors (Lipinski definition) is 2. The Labute approximate surface area is 148 Å². The van der Waals surface area contributed by atoms with Crippen LogP contribution in [0.2, 0.25) is 0 Å². The van der Waals surface area contributed by atoms with Crippen LogP contribution in [0.25, 0.3) is 0 Å². The minimum Gasteiger partial charge on any atom is -0.477 e. The minimum atomic E-state index is -3.78. The third-order valence-corrected chi connectivity index (χ3v) is 5.49. The molecule has 0 radical (unpaired) electrons. The number of aromatic carboxylic acids is 1. The molecule has 0 atom stereocenters. The van der Waals surface area contributed by atoms with Crippen molar-refractivity contribution in [2.45, 2.75) is 4.90 Å². The number of carboxylic acids is 1. The van der Waals surface area contributed by atoms with E-state index in [1.165, 1.54) is 18.2 Å². The van der Waals surface area contributed by atoms with Gasteiger partial charge >= 0.3 is 5.97 Å². The Morgan fingerprint density at radius 3 is 2.36 bits per heavy atom. The second kappa shape index (κ2) is 6.96. The molecule has 0 aliphatic heterocycles. The van der Waals surface area contributed by atoms with Crippen molar-refractivity contribution >= 4 is 33.0 Å². The monoisotopic (exact) mass is 375 g/mol. The Morgan fingerprint density at radius 1 is 0.960 bits per heavy atom. The van der Waals surface area contributed by atoms with Crippen LogP contribution in [0, 0.1) is 0 Å². The summed E-state index contributed by atoms with van der Waals surface area (Å²) in [6, 6.07) is 15.9. The van der Waals surface area contributed by atoms with Crippen LogP contribution in [0.5, 0.6) is 11.5 Å². The summed E-state index contributed by atoms with van der Waals surface area (Å²) in [5, 5.41) is 10.7. The van der Waals surface area contributed by atoms with Crippen LogP contribution in [0.15, 0.2) is 70.9 Å². The zero-order valence-electron chi connectivity index (χ0n) is 12.7. The van der Waals surface area contributed by atoms with Crippen molar-refractivity contribution in [3.05, 3.63) is 70.9 Å². The molecule has 128 valence electrons. The average molecular weight is 375 g/mol. The lowest BCUT2D eigenvalue weighted by Crippen LogP contribution is -2.13. The third-order valence-electron chi connectivity index (χ3n) is 3.23. The molecule has 0 aliphatic carbocycles. The summed E-state index contributed by atoms with van der Waals surface area (Å²) in [5.74, 6) is -0.737. The first-order chi connectivity index (χ1) is 12.0. The first-order valence-corrected chi connectivity index (χ1v) is 9.49. The highest BCUT2D eigenvalue weighted by Crippen LogP contribution is 2.34. The van der Waals surface area contributed by atoms with E-state index >= 15 is 0 Å². The number of sulfonamides is 1. The number of nitrogens with one attached hydrogen (secondary N) is 1. The van der Waals surface area contributed by atoms with Gasteiger partial charge in [0.05, 0.1) is 10.6 Å². The molecule has 0 amide bonds. The Hall–Kier alpha value is -2.84. The molecule has 0 saturated carbocycles. The number of hydrogen-bond acceptors (Lipinski definition) is 5. The van der Waals surface area contributed by atoms with Gasteiger partial charge in [0.1, 0.15) is 0 Å². The molecule has 0 aliphatic rings. The van der Waals surface area contributed by atoms with Gasteiger partial charge in [0, 0.05) is 0 Å². The SMILES string of the molecule is O=C(O)c1sccc1Oc1ccccc1NS(=O)(=O)c1ccccc1. The lowest BCUT2D eigenvalue weighted by Gasteiger charge is -2.13. The average Bonchev–Trinajstić information content (AvgIpc) is 3.06. The van der Waals surface area contributed by atoms with Crippen LogP contribution in [0.3, 0.4) is 0 Å². The van der Waals surface area contributed by atoms with E-state index in [0.717, 1.165) is 11.3 Å². The number of carbonyl (C=O) groups is 1. The van der Waals surface area contributed by atoms with Gasteiger partial charge < -0.3 is 9.84 Å². The fourth-order valence-electron chi connectivity index (χ4n) is 2.10. The van der Waals surface area contributed by atoms with Gasteiger partial charge in [-0.2, -0.15) is 0 Å². The molecule has 0 spiro atoms. The maximum Gasteiger partial charge on any atom is 0.349 e. The normalized spacial score (nSPS) is 11.0. The minimum absolute atomic E-state index is 0.0423. The van der Waals surface area contributed by atoms with E-state index in [2.05, 4.69) is 4.72 Å². The quantitative estimate of drug-likeness (QED) is 0.678. The lowest BCUT2D eigenvalue weighted by molar-refractivity contribution is 0.0699. The highest BCUT2D eigenvalue weighted by Gasteiger charge is 2.18. The number of para-hydroxylation sites is 2. The van der Waals surface area contributed by atoms with E-state index in [-0.39, 0.29) is 27.0 Å². The van der Waals surface area contributed by atoms with Crippen molar-refractivity contribution in [1.29, 1.82) is 0 Å². The summed E-state index contributed by atoms with van der Waals surface area (Å²) in [5.41, 5.74) is 0.217. The molecule has 0 unspecified atom stereocenters. The molecule has 1 heterocycles.